The van der Waals surface area contributed by atoms with Crippen LogP contribution in [0.15, 0.2) is 37.0 Å². The second-order valence-corrected chi connectivity index (χ2v) is 5.13. The molecular formula is C12H11BrN2O6. The van der Waals surface area contributed by atoms with Gasteiger partial charge in [-0.1, -0.05) is 0 Å². The molecule has 0 amide bonds. The molecular weight excluding hydrogens is 348 g/mol. The van der Waals surface area contributed by atoms with Gasteiger partial charge in [0.25, 0.3) is 5.56 Å². The van der Waals surface area contributed by atoms with Crippen molar-refractivity contribution in [1.29, 1.82) is 0 Å². The molecule has 3 rings (SSSR count). The predicted molar refractivity (Wildman–Crippen MR) is 73.7 cm³/mol. The molecule has 0 aromatic carbocycles. The number of aliphatic hydroxyl groups is 1. The summed E-state index contributed by atoms with van der Waals surface area (Å²) in [6.07, 6.45) is -0.154. The fraction of sp³-hybridized carbons (Fsp3) is 0.333. The molecule has 1 aliphatic heterocycles. The minimum Gasteiger partial charge on any atom is -0.449 e. The largest absolute Gasteiger partial charge is 0.449 e. The van der Waals surface area contributed by atoms with Gasteiger partial charge in [-0.05, 0) is 28.1 Å². The van der Waals surface area contributed by atoms with Crippen LogP contribution in [0, 0.1) is 0 Å². The Morgan fingerprint density at radius 1 is 1.43 bits per heavy atom. The minimum atomic E-state index is -0.782. The second-order valence-electron chi connectivity index (χ2n) is 4.35. The molecule has 0 saturated carbocycles. The molecule has 9 heteroatoms. The van der Waals surface area contributed by atoms with Crippen LogP contribution in [-0.2, 0) is 9.47 Å². The summed E-state index contributed by atoms with van der Waals surface area (Å²) in [5, 5.41) is 8.96. The van der Waals surface area contributed by atoms with Crippen LogP contribution in [0.4, 0.5) is 0 Å². The molecule has 0 bridgehead atoms. The van der Waals surface area contributed by atoms with Gasteiger partial charge in [0, 0.05) is 6.20 Å². The minimum absolute atomic E-state index is 0.0957. The number of hydrogen-bond acceptors (Lipinski definition) is 6. The molecule has 1 unspecified atom stereocenters. The van der Waals surface area contributed by atoms with E-state index in [1.807, 2.05) is 0 Å². The molecule has 2 N–H and O–H groups in total. The maximum absolute atomic E-state index is 11.9. The Hall–Kier alpha value is -1.68. The zero-order valence-corrected chi connectivity index (χ0v) is 12.2. The number of halogens is 1. The fourth-order valence-corrected chi connectivity index (χ4v) is 2.33. The zero-order valence-electron chi connectivity index (χ0n) is 10.6. The number of aliphatic hydroxyl groups excluding tert-OH is 1. The van der Waals surface area contributed by atoms with Crippen molar-refractivity contribution >= 4 is 15.9 Å². The van der Waals surface area contributed by atoms with E-state index >= 15 is 0 Å². The number of aromatic nitrogens is 2. The highest BCUT2D eigenvalue weighted by atomic mass is 79.9. The molecule has 3 heterocycles. The van der Waals surface area contributed by atoms with Crippen molar-refractivity contribution in [3.8, 4) is 11.3 Å². The van der Waals surface area contributed by atoms with Crippen molar-refractivity contribution in [2.75, 3.05) is 13.2 Å². The maximum Gasteiger partial charge on any atom is 0.330 e. The Balaban J connectivity index is 2.02. The number of nitrogens with zero attached hydrogens (tertiary/aromatic N) is 1. The Morgan fingerprint density at radius 3 is 2.86 bits per heavy atom. The van der Waals surface area contributed by atoms with Crippen LogP contribution in [0.2, 0.25) is 0 Å². The van der Waals surface area contributed by atoms with Gasteiger partial charge < -0.3 is 19.0 Å². The number of aromatic amines is 1. The van der Waals surface area contributed by atoms with E-state index in [2.05, 4.69) is 20.9 Å². The lowest BCUT2D eigenvalue weighted by molar-refractivity contribution is -0.0992. The normalized spacial score (nSPS) is 21.8. The van der Waals surface area contributed by atoms with Crippen LogP contribution in [0.5, 0.6) is 0 Å². The molecule has 2 atom stereocenters. The lowest BCUT2D eigenvalue weighted by atomic mass is 10.2. The Labute approximate surface area is 126 Å². The Morgan fingerprint density at radius 2 is 2.24 bits per heavy atom. The topological polar surface area (TPSA) is 107 Å². The van der Waals surface area contributed by atoms with Crippen molar-refractivity contribution in [3.05, 3.63) is 43.8 Å². The van der Waals surface area contributed by atoms with Gasteiger partial charge >= 0.3 is 5.69 Å². The monoisotopic (exact) mass is 358 g/mol. The first kappa shape index (κ1) is 14.3. The quantitative estimate of drug-likeness (QED) is 0.823. The highest BCUT2D eigenvalue weighted by Crippen LogP contribution is 2.24. The highest BCUT2D eigenvalue weighted by Gasteiger charge is 2.28. The van der Waals surface area contributed by atoms with Gasteiger partial charge in [0.1, 0.15) is 5.76 Å². The average molecular weight is 359 g/mol. The average Bonchev–Trinajstić information content (AvgIpc) is 3.08. The maximum atomic E-state index is 11.9. The van der Waals surface area contributed by atoms with Crippen LogP contribution >= 0.6 is 15.9 Å². The third kappa shape index (κ3) is 2.72. The van der Waals surface area contributed by atoms with E-state index in [9.17, 15) is 9.59 Å². The smallest absolute Gasteiger partial charge is 0.330 e. The molecule has 2 aromatic heterocycles. The summed E-state index contributed by atoms with van der Waals surface area (Å²) in [7, 11) is 0. The van der Waals surface area contributed by atoms with Gasteiger partial charge in [-0.25, -0.2) is 4.79 Å². The molecule has 0 aliphatic carbocycles. The van der Waals surface area contributed by atoms with Crippen LogP contribution < -0.4 is 11.2 Å². The highest BCUT2D eigenvalue weighted by molar-refractivity contribution is 9.10. The zero-order chi connectivity index (χ0) is 15.0. The lowest BCUT2D eigenvalue weighted by Crippen LogP contribution is -2.34. The number of hydrogen-bond donors (Lipinski definition) is 2. The number of ether oxygens (including phenoxy) is 2. The number of H-pyrrole nitrogens is 1. The van der Waals surface area contributed by atoms with E-state index in [1.165, 1.54) is 10.8 Å². The standard InChI is InChI=1S/C12H11BrN2O6/c13-8-2-1-7(20-8)6-3-15(12(18)14-11(6)17)9-5-19-10(4-16)21-9/h1-3,9-10,16H,4-5H2,(H,14,17,18)/t9-,10?/m0/s1. The van der Waals surface area contributed by atoms with Gasteiger partial charge in [-0.2, -0.15) is 0 Å². The van der Waals surface area contributed by atoms with Gasteiger partial charge in [0.2, 0.25) is 0 Å². The molecule has 1 saturated heterocycles. The SMILES string of the molecule is O=c1[nH]c(=O)n([C@@H]2COC(CO)O2)cc1-c1ccc(Br)o1. The van der Waals surface area contributed by atoms with Crippen LogP contribution in [0.25, 0.3) is 11.3 Å². The summed E-state index contributed by atoms with van der Waals surface area (Å²) in [4.78, 5) is 26.0. The van der Waals surface area contributed by atoms with Crippen molar-refractivity contribution in [2.24, 2.45) is 0 Å². The van der Waals surface area contributed by atoms with Crippen LogP contribution in [0.3, 0.4) is 0 Å². The number of furan rings is 1. The molecule has 0 radical (unpaired) electrons. The van der Waals surface area contributed by atoms with Crippen molar-refractivity contribution in [2.45, 2.75) is 12.5 Å². The van der Waals surface area contributed by atoms with Crippen molar-refractivity contribution in [3.63, 3.8) is 0 Å². The second kappa shape index (κ2) is 5.60. The number of rotatable bonds is 3. The van der Waals surface area contributed by atoms with Crippen LogP contribution in [-0.4, -0.2) is 34.2 Å². The molecule has 1 fully saturated rings. The summed E-state index contributed by atoms with van der Waals surface area (Å²) >= 11 is 3.15. The first-order valence-corrected chi connectivity index (χ1v) is 6.87. The van der Waals surface area contributed by atoms with Crippen LogP contribution in [0.1, 0.15) is 6.23 Å². The lowest BCUT2D eigenvalue weighted by Gasteiger charge is -2.12. The molecule has 1 aliphatic rings. The van der Waals surface area contributed by atoms with E-state index in [1.54, 1.807) is 12.1 Å². The fourth-order valence-electron chi connectivity index (χ4n) is 2.02. The van der Waals surface area contributed by atoms with E-state index < -0.39 is 23.8 Å². The first-order chi connectivity index (χ1) is 10.1. The molecule has 2 aromatic rings. The molecule has 8 nitrogen and oxygen atoms in total. The van der Waals surface area contributed by atoms with Gasteiger partial charge in [-0.15, -0.1) is 0 Å². The third-order valence-electron chi connectivity index (χ3n) is 3.00. The van der Waals surface area contributed by atoms with Gasteiger partial charge in [0.15, 0.2) is 17.2 Å². The number of nitrogens with one attached hydrogen (secondary N) is 1. The van der Waals surface area contributed by atoms with E-state index in [4.69, 9.17) is 19.0 Å². The summed E-state index contributed by atoms with van der Waals surface area (Å²) in [5.74, 6) is 0.314. The van der Waals surface area contributed by atoms with Crippen molar-refractivity contribution < 1.29 is 19.0 Å². The molecule has 0 spiro atoms. The van der Waals surface area contributed by atoms with Gasteiger partial charge in [0.05, 0.1) is 18.8 Å². The summed E-state index contributed by atoms with van der Waals surface area (Å²) in [6.45, 7) is -0.217. The summed E-state index contributed by atoms with van der Waals surface area (Å²) in [6, 6.07) is 3.24. The Bertz CT molecular complexity index is 764. The predicted octanol–water partition coefficient (Wildman–Crippen LogP) is 0.423. The Kier molecular flexibility index (Phi) is 3.81. The molecule has 112 valence electrons. The first-order valence-electron chi connectivity index (χ1n) is 6.07. The van der Waals surface area contributed by atoms with E-state index in [0.717, 1.165) is 0 Å². The third-order valence-corrected chi connectivity index (χ3v) is 3.43. The summed E-state index contributed by atoms with van der Waals surface area (Å²) < 4.78 is 17.5. The summed E-state index contributed by atoms with van der Waals surface area (Å²) in [5.41, 5.74) is -0.992. The van der Waals surface area contributed by atoms with Crippen molar-refractivity contribution in [1.82, 2.24) is 9.55 Å². The molecule has 21 heavy (non-hydrogen) atoms. The van der Waals surface area contributed by atoms with E-state index in [-0.39, 0.29) is 18.8 Å². The van der Waals surface area contributed by atoms with Gasteiger partial charge in [-0.3, -0.25) is 14.3 Å². The van der Waals surface area contributed by atoms with E-state index in [0.29, 0.717) is 10.4 Å².